The van der Waals surface area contributed by atoms with Gasteiger partial charge < -0.3 is 10.5 Å². The van der Waals surface area contributed by atoms with Crippen molar-refractivity contribution in [2.24, 2.45) is 5.73 Å². The summed E-state index contributed by atoms with van der Waals surface area (Å²) < 4.78 is 19.2. The molecule has 0 aliphatic heterocycles. The summed E-state index contributed by atoms with van der Waals surface area (Å²) in [5.41, 5.74) is 9.31. The molecule has 2 rings (SSSR count). The van der Waals surface area contributed by atoms with Gasteiger partial charge in [0.15, 0.2) is 0 Å². The van der Waals surface area contributed by atoms with Gasteiger partial charge in [-0.2, -0.15) is 0 Å². The summed E-state index contributed by atoms with van der Waals surface area (Å²) in [6.45, 7) is 4.73. The van der Waals surface area contributed by atoms with Crippen LogP contribution in [0.3, 0.4) is 0 Å². The molecule has 2 aromatic rings. The van der Waals surface area contributed by atoms with Gasteiger partial charge in [0.25, 0.3) is 0 Å². The summed E-state index contributed by atoms with van der Waals surface area (Å²) in [5.74, 6) is 5.61. The first kappa shape index (κ1) is 15.1. The zero-order chi connectivity index (χ0) is 15.2. The van der Waals surface area contributed by atoms with E-state index in [1.54, 1.807) is 6.07 Å². The molecule has 0 saturated heterocycles. The maximum Gasteiger partial charge on any atom is 0.128 e. The first-order valence-electron chi connectivity index (χ1n) is 6.76. The van der Waals surface area contributed by atoms with Gasteiger partial charge in [-0.3, -0.25) is 0 Å². The summed E-state index contributed by atoms with van der Waals surface area (Å²) in [6, 6.07) is 10.7. The van der Waals surface area contributed by atoms with E-state index >= 15 is 0 Å². The number of hydrogen-bond donors (Lipinski definition) is 1. The molecule has 21 heavy (non-hydrogen) atoms. The molecule has 2 N–H and O–H groups in total. The molecule has 0 spiro atoms. The lowest BCUT2D eigenvalue weighted by Gasteiger charge is -2.09. The van der Waals surface area contributed by atoms with Crippen LogP contribution in [-0.4, -0.2) is 6.54 Å². The fourth-order valence-electron chi connectivity index (χ4n) is 2.19. The van der Waals surface area contributed by atoms with E-state index in [1.165, 1.54) is 23.3 Å². The highest BCUT2D eigenvalue weighted by Gasteiger charge is 2.02. The highest BCUT2D eigenvalue weighted by atomic mass is 19.1. The molecule has 0 atom stereocenters. The van der Waals surface area contributed by atoms with Crippen molar-refractivity contribution in [3.05, 3.63) is 64.5 Å². The summed E-state index contributed by atoms with van der Waals surface area (Å²) in [5, 5.41) is 0. The van der Waals surface area contributed by atoms with Gasteiger partial charge in [0.1, 0.15) is 18.2 Å². The SMILES string of the molecule is Cc1cc(C)cc(COc2cc(F)cc(C#CCN)c2)c1. The topological polar surface area (TPSA) is 35.2 Å². The fraction of sp³-hybridized carbons (Fsp3) is 0.222. The van der Waals surface area contributed by atoms with E-state index in [-0.39, 0.29) is 12.4 Å². The Hall–Kier alpha value is -2.31. The maximum absolute atomic E-state index is 13.5. The molecule has 0 bridgehead atoms. The standard InChI is InChI=1S/C18H18FNO/c1-13-6-14(2)8-16(7-13)12-21-18-10-15(4-3-5-20)9-17(19)11-18/h6-11H,5,12,20H2,1-2H3. The van der Waals surface area contributed by atoms with Gasteiger partial charge in [0.2, 0.25) is 0 Å². The quantitative estimate of drug-likeness (QED) is 0.877. The Balaban J connectivity index is 2.14. The van der Waals surface area contributed by atoms with Crippen LogP contribution >= 0.6 is 0 Å². The average Bonchev–Trinajstić information content (AvgIpc) is 2.41. The largest absolute Gasteiger partial charge is 0.489 e. The second kappa shape index (κ2) is 6.92. The van der Waals surface area contributed by atoms with Crippen LogP contribution in [-0.2, 0) is 6.61 Å². The molecule has 108 valence electrons. The van der Waals surface area contributed by atoms with Crippen molar-refractivity contribution in [1.82, 2.24) is 0 Å². The van der Waals surface area contributed by atoms with E-state index < -0.39 is 0 Å². The number of aryl methyl sites for hydroxylation is 2. The Kier molecular flexibility index (Phi) is 4.97. The molecule has 0 aliphatic carbocycles. The van der Waals surface area contributed by atoms with Gasteiger partial charge in [-0.15, -0.1) is 0 Å². The second-order valence-electron chi connectivity index (χ2n) is 4.97. The van der Waals surface area contributed by atoms with E-state index in [9.17, 15) is 4.39 Å². The van der Waals surface area contributed by atoms with E-state index in [1.807, 2.05) is 13.8 Å². The molecule has 3 heteroatoms. The second-order valence-corrected chi connectivity index (χ2v) is 4.97. The fourth-order valence-corrected chi connectivity index (χ4v) is 2.19. The predicted octanol–water partition coefficient (Wildman–Crippen LogP) is 3.33. The summed E-state index contributed by atoms with van der Waals surface area (Å²) in [6.07, 6.45) is 0. The van der Waals surface area contributed by atoms with Crippen molar-refractivity contribution in [3.63, 3.8) is 0 Å². The number of rotatable bonds is 3. The predicted molar refractivity (Wildman–Crippen MR) is 82.6 cm³/mol. The van der Waals surface area contributed by atoms with Crippen LogP contribution in [0.5, 0.6) is 5.75 Å². The number of benzene rings is 2. The molecule has 2 aromatic carbocycles. The third kappa shape index (κ3) is 4.62. The molecule has 0 unspecified atom stereocenters. The lowest BCUT2D eigenvalue weighted by atomic mass is 10.1. The summed E-state index contributed by atoms with van der Waals surface area (Å²) in [7, 11) is 0. The zero-order valence-electron chi connectivity index (χ0n) is 12.2. The van der Waals surface area contributed by atoms with Crippen LogP contribution in [0.4, 0.5) is 4.39 Å². The van der Waals surface area contributed by atoms with Crippen LogP contribution < -0.4 is 10.5 Å². The van der Waals surface area contributed by atoms with Crippen LogP contribution in [0.1, 0.15) is 22.3 Å². The first-order chi connectivity index (χ1) is 10.1. The van der Waals surface area contributed by atoms with Crippen LogP contribution in [0, 0.1) is 31.5 Å². The molecule has 0 radical (unpaired) electrons. The van der Waals surface area contributed by atoms with Crippen LogP contribution in [0.2, 0.25) is 0 Å². The Morgan fingerprint density at radius 3 is 2.43 bits per heavy atom. The molecular formula is C18H18FNO. The first-order valence-corrected chi connectivity index (χ1v) is 6.76. The van der Waals surface area contributed by atoms with Gasteiger partial charge >= 0.3 is 0 Å². The minimum Gasteiger partial charge on any atom is -0.489 e. The van der Waals surface area contributed by atoms with E-state index in [0.29, 0.717) is 17.9 Å². The van der Waals surface area contributed by atoms with E-state index in [4.69, 9.17) is 10.5 Å². The Morgan fingerprint density at radius 2 is 1.76 bits per heavy atom. The number of hydrogen-bond acceptors (Lipinski definition) is 2. The van der Waals surface area contributed by atoms with Crippen molar-refractivity contribution < 1.29 is 9.13 Å². The van der Waals surface area contributed by atoms with E-state index in [2.05, 4.69) is 30.0 Å². The smallest absolute Gasteiger partial charge is 0.128 e. The minimum absolute atomic E-state index is 0.245. The average molecular weight is 283 g/mol. The Morgan fingerprint density at radius 1 is 1.05 bits per heavy atom. The van der Waals surface area contributed by atoms with Gasteiger partial charge in [-0.05, 0) is 31.5 Å². The lowest BCUT2D eigenvalue weighted by Crippen LogP contribution is -1.98. The molecule has 0 aromatic heterocycles. The minimum atomic E-state index is -0.366. The van der Waals surface area contributed by atoms with Crippen molar-refractivity contribution in [3.8, 4) is 17.6 Å². The molecule has 0 amide bonds. The Bertz CT molecular complexity index is 678. The molecule has 2 nitrogen and oxygen atoms in total. The monoisotopic (exact) mass is 283 g/mol. The van der Waals surface area contributed by atoms with Gasteiger partial charge in [0, 0.05) is 11.6 Å². The highest BCUT2D eigenvalue weighted by molar-refractivity contribution is 5.40. The van der Waals surface area contributed by atoms with Gasteiger partial charge in [-0.1, -0.05) is 41.2 Å². The van der Waals surface area contributed by atoms with Crippen molar-refractivity contribution in [1.29, 1.82) is 0 Å². The molecular weight excluding hydrogens is 265 g/mol. The third-order valence-electron chi connectivity index (χ3n) is 2.89. The molecule has 0 fully saturated rings. The number of halogens is 1. The lowest BCUT2D eigenvalue weighted by molar-refractivity contribution is 0.304. The number of ether oxygens (including phenoxy) is 1. The highest BCUT2D eigenvalue weighted by Crippen LogP contribution is 2.18. The molecule has 0 heterocycles. The molecule has 0 aliphatic rings. The zero-order valence-corrected chi connectivity index (χ0v) is 12.2. The van der Waals surface area contributed by atoms with Crippen LogP contribution in [0.25, 0.3) is 0 Å². The van der Waals surface area contributed by atoms with E-state index in [0.717, 1.165) is 5.56 Å². The summed E-state index contributed by atoms with van der Waals surface area (Å²) >= 11 is 0. The van der Waals surface area contributed by atoms with Crippen molar-refractivity contribution in [2.45, 2.75) is 20.5 Å². The number of nitrogens with two attached hydrogens (primary N) is 1. The third-order valence-corrected chi connectivity index (χ3v) is 2.89. The van der Waals surface area contributed by atoms with Crippen molar-refractivity contribution in [2.75, 3.05) is 6.54 Å². The Labute approximate surface area is 124 Å². The summed E-state index contributed by atoms with van der Waals surface area (Å²) in [4.78, 5) is 0. The van der Waals surface area contributed by atoms with Crippen molar-refractivity contribution >= 4 is 0 Å². The molecule has 0 saturated carbocycles. The normalized spacial score (nSPS) is 9.90. The van der Waals surface area contributed by atoms with Gasteiger partial charge in [0.05, 0.1) is 6.54 Å². The van der Waals surface area contributed by atoms with Crippen LogP contribution in [0.15, 0.2) is 36.4 Å². The maximum atomic E-state index is 13.5. The van der Waals surface area contributed by atoms with Gasteiger partial charge in [-0.25, -0.2) is 4.39 Å².